The van der Waals surface area contributed by atoms with Crippen molar-refractivity contribution in [2.45, 2.75) is 19.9 Å². The molecule has 24 heavy (non-hydrogen) atoms. The van der Waals surface area contributed by atoms with Crippen molar-refractivity contribution in [3.05, 3.63) is 63.9 Å². The number of aryl methyl sites for hydroxylation is 1. The molecule has 0 fully saturated rings. The number of aromatic nitrogens is 3. The molecule has 1 amide bonds. The van der Waals surface area contributed by atoms with E-state index in [1.807, 2.05) is 24.3 Å². The van der Waals surface area contributed by atoms with Crippen LogP contribution in [0.2, 0.25) is 0 Å². The molecule has 0 aliphatic carbocycles. The van der Waals surface area contributed by atoms with E-state index in [2.05, 4.69) is 22.3 Å². The summed E-state index contributed by atoms with van der Waals surface area (Å²) in [5, 5.41) is 9.20. The Morgan fingerprint density at radius 3 is 2.67 bits per heavy atom. The van der Waals surface area contributed by atoms with Crippen LogP contribution < -0.4 is 10.9 Å². The van der Waals surface area contributed by atoms with Gasteiger partial charge in [0.1, 0.15) is 6.54 Å². The van der Waals surface area contributed by atoms with Crippen molar-refractivity contribution < 1.29 is 4.79 Å². The van der Waals surface area contributed by atoms with Gasteiger partial charge in [-0.3, -0.25) is 9.59 Å². The first-order valence-corrected chi connectivity index (χ1v) is 8.40. The zero-order valence-corrected chi connectivity index (χ0v) is 13.9. The lowest BCUT2D eigenvalue weighted by Crippen LogP contribution is -2.29. The zero-order chi connectivity index (χ0) is 16.9. The zero-order valence-electron chi connectivity index (χ0n) is 13.1. The van der Waals surface area contributed by atoms with Crippen LogP contribution in [0.3, 0.4) is 0 Å². The minimum absolute atomic E-state index is 0.153. The van der Waals surface area contributed by atoms with Gasteiger partial charge in [-0.05, 0) is 18.1 Å². The highest BCUT2D eigenvalue weighted by atomic mass is 32.1. The topological polar surface area (TPSA) is 76.9 Å². The van der Waals surface area contributed by atoms with Gasteiger partial charge in [-0.15, -0.1) is 11.3 Å². The number of benzene rings is 1. The van der Waals surface area contributed by atoms with Crippen molar-refractivity contribution in [2.24, 2.45) is 0 Å². The molecule has 0 bridgehead atoms. The number of hydrogen-bond donors (Lipinski definition) is 1. The highest BCUT2D eigenvalue weighted by Gasteiger charge is 2.09. The summed E-state index contributed by atoms with van der Waals surface area (Å²) in [7, 11) is 0. The Labute approximate surface area is 142 Å². The van der Waals surface area contributed by atoms with E-state index in [1.54, 1.807) is 17.6 Å². The van der Waals surface area contributed by atoms with Gasteiger partial charge in [-0.25, -0.2) is 9.67 Å². The van der Waals surface area contributed by atoms with Crippen LogP contribution in [0.25, 0.3) is 11.3 Å². The number of rotatable bonds is 5. The molecule has 0 saturated heterocycles. The number of anilines is 1. The maximum Gasteiger partial charge on any atom is 0.267 e. The fourth-order valence-electron chi connectivity index (χ4n) is 2.21. The maximum absolute atomic E-state index is 12.0. The third kappa shape index (κ3) is 3.75. The molecule has 0 radical (unpaired) electrons. The molecule has 6 nitrogen and oxygen atoms in total. The Hall–Kier alpha value is -2.80. The van der Waals surface area contributed by atoms with Crippen molar-refractivity contribution in [3.63, 3.8) is 0 Å². The van der Waals surface area contributed by atoms with Gasteiger partial charge in [0.15, 0.2) is 5.13 Å². The fraction of sp³-hybridized carbons (Fsp3) is 0.176. The van der Waals surface area contributed by atoms with E-state index < -0.39 is 0 Å². The molecule has 0 atom stereocenters. The second-order valence-corrected chi connectivity index (χ2v) is 6.04. The van der Waals surface area contributed by atoms with Gasteiger partial charge in [0.25, 0.3) is 5.56 Å². The second-order valence-electron chi connectivity index (χ2n) is 5.15. The van der Waals surface area contributed by atoms with E-state index in [1.165, 1.54) is 23.0 Å². The normalized spacial score (nSPS) is 10.5. The van der Waals surface area contributed by atoms with Gasteiger partial charge in [-0.1, -0.05) is 31.2 Å². The first kappa shape index (κ1) is 16.1. The molecule has 122 valence electrons. The summed E-state index contributed by atoms with van der Waals surface area (Å²) in [6.45, 7) is 1.94. The van der Waals surface area contributed by atoms with Crippen LogP contribution in [0, 0.1) is 0 Å². The maximum atomic E-state index is 12.0. The molecule has 0 unspecified atom stereocenters. The Balaban J connectivity index is 1.80. The number of nitrogens with zero attached hydrogens (tertiary/aromatic N) is 3. The summed E-state index contributed by atoms with van der Waals surface area (Å²) in [6, 6.07) is 11.1. The van der Waals surface area contributed by atoms with E-state index in [0.717, 1.165) is 16.7 Å². The minimum atomic E-state index is -0.335. The predicted octanol–water partition coefficient (Wildman–Crippen LogP) is 2.57. The summed E-state index contributed by atoms with van der Waals surface area (Å²) in [5.41, 5.74) is 2.47. The number of hydrogen-bond acceptors (Lipinski definition) is 5. The van der Waals surface area contributed by atoms with Gasteiger partial charge in [0.2, 0.25) is 5.91 Å². The van der Waals surface area contributed by atoms with Crippen LogP contribution in [0.4, 0.5) is 5.13 Å². The Morgan fingerprint density at radius 2 is 2.00 bits per heavy atom. The van der Waals surface area contributed by atoms with Crippen molar-refractivity contribution in [2.75, 3.05) is 5.32 Å². The summed E-state index contributed by atoms with van der Waals surface area (Å²) in [6.07, 6.45) is 2.56. The molecular formula is C17H16N4O2S. The van der Waals surface area contributed by atoms with Crippen LogP contribution in [0.15, 0.2) is 52.8 Å². The fourth-order valence-corrected chi connectivity index (χ4v) is 2.75. The molecule has 2 aromatic heterocycles. The number of thiazole rings is 1. The minimum Gasteiger partial charge on any atom is -0.300 e. The highest BCUT2D eigenvalue weighted by Crippen LogP contribution is 2.16. The SMILES string of the molecule is CCc1ccc(-c2ccc(=O)n(CC(=O)Nc3nccs3)n2)cc1. The van der Waals surface area contributed by atoms with E-state index in [-0.39, 0.29) is 18.0 Å². The standard InChI is InChI=1S/C17H16N4O2S/c1-2-12-3-5-13(6-4-12)14-7-8-16(23)21(20-14)11-15(22)19-17-18-9-10-24-17/h3-10H,2,11H2,1H3,(H,18,19,22). The van der Waals surface area contributed by atoms with Crippen molar-refractivity contribution in [1.29, 1.82) is 0 Å². The number of nitrogens with one attached hydrogen (secondary N) is 1. The summed E-state index contributed by atoms with van der Waals surface area (Å²) >= 11 is 1.32. The Morgan fingerprint density at radius 1 is 1.21 bits per heavy atom. The number of carbonyl (C=O) groups excluding carboxylic acids is 1. The lowest BCUT2D eigenvalue weighted by molar-refractivity contribution is -0.117. The molecule has 2 heterocycles. The summed E-state index contributed by atoms with van der Waals surface area (Å²) in [5.74, 6) is -0.335. The Kier molecular flexibility index (Phi) is 4.81. The van der Waals surface area contributed by atoms with Crippen LogP contribution >= 0.6 is 11.3 Å². The van der Waals surface area contributed by atoms with E-state index in [0.29, 0.717) is 10.8 Å². The molecule has 0 spiro atoms. The summed E-state index contributed by atoms with van der Waals surface area (Å²) in [4.78, 5) is 27.9. The predicted molar refractivity (Wildman–Crippen MR) is 94.1 cm³/mol. The van der Waals surface area contributed by atoms with Crippen molar-refractivity contribution in [3.8, 4) is 11.3 Å². The van der Waals surface area contributed by atoms with Crippen LogP contribution in [0.1, 0.15) is 12.5 Å². The largest absolute Gasteiger partial charge is 0.300 e. The average molecular weight is 340 g/mol. The monoisotopic (exact) mass is 340 g/mol. The van der Waals surface area contributed by atoms with Gasteiger partial charge in [0.05, 0.1) is 5.69 Å². The van der Waals surface area contributed by atoms with Crippen LogP contribution in [0.5, 0.6) is 0 Å². The second kappa shape index (κ2) is 7.18. The Bertz CT molecular complexity index is 886. The molecule has 3 rings (SSSR count). The van der Waals surface area contributed by atoms with E-state index in [4.69, 9.17) is 0 Å². The lowest BCUT2D eigenvalue weighted by Gasteiger charge is -2.07. The third-order valence-electron chi connectivity index (χ3n) is 3.50. The molecule has 3 aromatic rings. The van der Waals surface area contributed by atoms with Crippen LogP contribution in [-0.4, -0.2) is 20.7 Å². The lowest BCUT2D eigenvalue weighted by atomic mass is 10.1. The highest BCUT2D eigenvalue weighted by molar-refractivity contribution is 7.13. The van der Waals surface area contributed by atoms with Gasteiger partial charge in [-0.2, -0.15) is 5.10 Å². The van der Waals surface area contributed by atoms with Crippen LogP contribution in [-0.2, 0) is 17.8 Å². The quantitative estimate of drug-likeness (QED) is 0.774. The number of carbonyl (C=O) groups is 1. The molecule has 0 aliphatic rings. The molecule has 7 heteroatoms. The van der Waals surface area contributed by atoms with Crippen molar-refractivity contribution in [1.82, 2.24) is 14.8 Å². The van der Waals surface area contributed by atoms with Gasteiger partial charge >= 0.3 is 0 Å². The summed E-state index contributed by atoms with van der Waals surface area (Å²) < 4.78 is 1.16. The van der Waals surface area contributed by atoms with Crippen molar-refractivity contribution >= 4 is 22.4 Å². The smallest absolute Gasteiger partial charge is 0.267 e. The average Bonchev–Trinajstić information content (AvgIpc) is 3.10. The molecule has 0 aliphatic heterocycles. The first-order chi connectivity index (χ1) is 11.7. The molecule has 1 N–H and O–H groups in total. The van der Waals surface area contributed by atoms with E-state index >= 15 is 0 Å². The van der Waals surface area contributed by atoms with E-state index in [9.17, 15) is 9.59 Å². The van der Waals surface area contributed by atoms with Gasteiger partial charge in [0, 0.05) is 23.2 Å². The molecule has 0 saturated carbocycles. The molecular weight excluding hydrogens is 324 g/mol. The molecule has 1 aromatic carbocycles. The third-order valence-corrected chi connectivity index (χ3v) is 4.19. The van der Waals surface area contributed by atoms with Gasteiger partial charge < -0.3 is 5.32 Å². The number of amides is 1. The first-order valence-electron chi connectivity index (χ1n) is 7.52.